The summed E-state index contributed by atoms with van der Waals surface area (Å²) in [7, 11) is 0. The van der Waals surface area contributed by atoms with E-state index in [0.29, 0.717) is 17.0 Å². The van der Waals surface area contributed by atoms with E-state index in [1.165, 1.54) is 11.3 Å². The Morgan fingerprint density at radius 3 is 2.95 bits per heavy atom. The normalized spacial score (nSPS) is 11.1. The van der Waals surface area contributed by atoms with Crippen LogP contribution in [0.4, 0.5) is 10.5 Å². The average Bonchev–Trinajstić information content (AvgIpc) is 3.13. The number of hydrogen-bond acceptors (Lipinski definition) is 6. The molecule has 0 saturated carbocycles. The Balaban J connectivity index is 1.91. The van der Waals surface area contributed by atoms with Crippen LogP contribution in [-0.2, 0) is 4.74 Å². The van der Waals surface area contributed by atoms with Gasteiger partial charge in [-0.1, -0.05) is 0 Å². The molecule has 0 radical (unpaired) electrons. The Kier molecular flexibility index (Phi) is 3.78. The minimum absolute atomic E-state index is 0.232. The zero-order valence-electron chi connectivity index (χ0n) is 12.1. The third-order valence-electron chi connectivity index (χ3n) is 2.95. The quantitative estimate of drug-likeness (QED) is 0.440. The summed E-state index contributed by atoms with van der Waals surface area (Å²) in [4.78, 5) is 23.7. The minimum Gasteiger partial charge on any atom is -0.445 e. The van der Waals surface area contributed by atoms with Gasteiger partial charge in [0, 0.05) is 5.38 Å². The number of fused-ring (bicyclic) bond motifs is 1. The van der Waals surface area contributed by atoms with Gasteiger partial charge in [-0.3, -0.25) is 0 Å². The number of anilines is 1. The maximum Gasteiger partial charge on any atom is 0.429 e. The smallest absolute Gasteiger partial charge is 0.429 e. The topological polar surface area (TPSA) is 97.1 Å². The third kappa shape index (κ3) is 2.78. The van der Waals surface area contributed by atoms with Crippen molar-refractivity contribution >= 4 is 34.2 Å². The standard InChI is InChI=1S/C14H15N5O2S/c1-8(2)21-14(20)19(15)9-3-4-10-11(5-9)18-13(17-10)12-6-22-7-16-12/h3-8H,15H2,1-2H3,(H,17,18). The van der Waals surface area contributed by atoms with Crippen molar-refractivity contribution in [1.82, 2.24) is 15.0 Å². The molecule has 114 valence electrons. The first kappa shape index (κ1) is 14.5. The number of amides is 1. The Morgan fingerprint density at radius 1 is 1.45 bits per heavy atom. The maximum absolute atomic E-state index is 11.8. The number of carbonyl (C=O) groups excluding carboxylic acids is 1. The molecule has 3 N–H and O–H groups in total. The number of hydrazine groups is 1. The van der Waals surface area contributed by atoms with E-state index in [1.54, 1.807) is 31.5 Å². The molecule has 0 atom stereocenters. The van der Waals surface area contributed by atoms with Gasteiger partial charge in [-0.15, -0.1) is 11.3 Å². The van der Waals surface area contributed by atoms with Gasteiger partial charge in [0.25, 0.3) is 0 Å². The fourth-order valence-corrected chi connectivity index (χ4v) is 2.50. The number of aromatic nitrogens is 3. The van der Waals surface area contributed by atoms with E-state index in [9.17, 15) is 4.79 Å². The molecular formula is C14H15N5O2S. The highest BCUT2D eigenvalue weighted by Crippen LogP contribution is 2.24. The first-order valence-electron chi connectivity index (χ1n) is 6.68. The number of imidazole rings is 1. The van der Waals surface area contributed by atoms with Crippen LogP contribution in [0.15, 0.2) is 29.1 Å². The highest BCUT2D eigenvalue weighted by molar-refractivity contribution is 7.07. The second-order valence-corrected chi connectivity index (χ2v) is 5.68. The van der Waals surface area contributed by atoms with Crippen molar-refractivity contribution < 1.29 is 9.53 Å². The van der Waals surface area contributed by atoms with E-state index in [1.807, 2.05) is 11.4 Å². The lowest BCUT2D eigenvalue weighted by Gasteiger charge is -2.17. The molecule has 2 heterocycles. The predicted octanol–water partition coefficient (Wildman–Crippen LogP) is 2.91. The van der Waals surface area contributed by atoms with Crippen LogP contribution in [0.25, 0.3) is 22.6 Å². The van der Waals surface area contributed by atoms with Crippen molar-refractivity contribution in [3.63, 3.8) is 0 Å². The van der Waals surface area contributed by atoms with Crippen LogP contribution in [0, 0.1) is 0 Å². The Labute approximate surface area is 130 Å². The van der Waals surface area contributed by atoms with Crippen LogP contribution in [0.2, 0.25) is 0 Å². The van der Waals surface area contributed by atoms with Gasteiger partial charge < -0.3 is 9.72 Å². The second kappa shape index (κ2) is 5.74. The largest absolute Gasteiger partial charge is 0.445 e. The van der Waals surface area contributed by atoms with E-state index >= 15 is 0 Å². The number of rotatable bonds is 3. The molecule has 22 heavy (non-hydrogen) atoms. The number of carbonyl (C=O) groups is 1. The molecule has 0 spiro atoms. The van der Waals surface area contributed by atoms with E-state index in [0.717, 1.165) is 16.2 Å². The predicted molar refractivity (Wildman–Crippen MR) is 85.5 cm³/mol. The number of thiazole rings is 1. The summed E-state index contributed by atoms with van der Waals surface area (Å²) in [5.74, 6) is 6.47. The number of benzene rings is 1. The molecule has 0 bridgehead atoms. The molecule has 0 aliphatic heterocycles. The van der Waals surface area contributed by atoms with E-state index in [4.69, 9.17) is 10.6 Å². The van der Waals surface area contributed by atoms with Crippen molar-refractivity contribution in [3.05, 3.63) is 29.1 Å². The summed E-state index contributed by atoms with van der Waals surface area (Å²) >= 11 is 1.50. The molecule has 1 amide bonds. The van der Waals surface area contributed by atoms with Crippen LogP contribution in [-0.4, -0.2) is 27.1 Å². The van der Waals surface area contributed by atoms with Crippen molar-refractivity contribution in [2.75, 3.05) is 5.01 Å². The van der Waals surface area contributed by atoms with Gasteiger partial charge in [0.05, 0.1) is 28.3 Å². The van der Waals surface area contributed by atoms with Crippen LogP contribution >= 0.6 is 11.3 Å². The fourth-order valence-electron chi connectivity index (χ4n) is 1.96. The molecule has 8 heteroatoms. The molecular weight excluding hydrogens is 302 g/mol. The van der Waals surface area contributed by atoms with Crippen LogP contribution in [0.1, 0.15) is 13.8 Å². The molecule has 0 fully saturated rings. The second-order valence-electron chi connectivity index (χ2n) is 4.96. The molecule has 0 unspecified atom stereocenters. The van der Waals surface area contributed by atoms with Gasteiger partial charge in [0.15, 0.2) is 5.82 Å². The van der Waals surface area contributed by atoms with Crippen LogP contribution in [0.5, 0.6) is 0 Å². The highest BCUT2D eigenvalue weighted by atomic mass is 32.1. The van der Waals surface area contributed by atoms with Gasteiger partial charge in [-0.25, -0.2) is 25.6 Å². The zero-order valence-corrected chi connectivity index (χ0v) is 12.9. The minimum atomic E-state index is -0.607. The lowest BCUT2D eigenvalue weighted by atomic mass is 10.3. The first-order valence-corrected chi connectivity index (χ1v) is 7.62. The molecule has 7 nitrogen and oxygen atoms in total. The summed E-state index contributed by atoms with van der Waals surface area (Å²) in [6, 6.07) is 5.27. The summed E-state index contributed by atoms with van der Waals surface area (Å²) in [6.45, 7) is 3.53. The number of hydrogen-bond donors (Lipinski definition) is 2. The summed E-state index contributed by atoms with van der Waals surface area (Å²) in [6.07, 6.45) is -0.839. The summed E-state index contributed by atoms with van der Waals surface area (Å²) in [5, 5.41) is 2.88. The van der Waals surface area contributed by atoms with Crippen molar-refractivity contribution in [1.29, 1.82) is 0 Å². The van der Waals surface area contributed by atoms with Gasteiger partial charge in [-0.2, -0.15) is 0 Å². The Morgan fingerprint density at radius 2 is 2.27 bits per heavy atom. The van der Waals surface area contributed by atoms with E-state index in [-0.39, 0.29) is 6.10 Å². The van der Waals surface area contributed by atoms with E-state index < -0.39 is 6.09 Å². The number of nitrogens with two attached hydrogens (primary N) is 1. The van der Waals surface area contributed by atoms with Crippen molar-refractivity contribution in [2.24, 2.45) is 5.84 Å². The number of aromatic amines is 1. The summed E-state index contributed by atoms with van der Waals surface area (Å²) in [5.41, 5.74) is 4.59. The lowest BCUT2D eigenvalue weighted by Crippen LogP contribution is -2.39. The average molecular weight is 317 g/mol. The maximum atomic E-state index is 11.8. The third-order valence-corrected chi connectivity index (χ3v) is 3.54. The summed E-state index contributed by atoms with van der Waals surface area (Å²) < 4.78 is 5.07. The molecule has 2 aromatic heterocycles. The lowest BCUT2D eigenvalue weighted by molar-refractivity contribution is 0.122. The molecule has 3 aromatic rings. The van der Waals surface area contributed by atoms with E-state index in [2.05, 4.69) is 15.0 Å². The number of ether oxygens (including phenoxy) is 1. The first-order chi connectivity index (χ1) is 10.5. The van der Waals surface area contributed by atoms with Gasteiger partial charge >= 0.3 is 6.09 Å². The fraction of sp³-hybridized carbons (Fsp3) is 0.214. The number of H-pyrrole nitrogens is 1. The van der Waals surface area contributed by atoms with Crippen LogP contribution < -0.4 is 10.9 Å². The SMILES string of the molecule is CC(C)OC(=O)N(N)c1ccc2[nH]c(-c3cscn3)nc2c1. The number of nitrogens with one attached hydrogen (secondary N) is 1. The molecule has 0 aliphatic rings. The molecule has 0 saturated heterocycles. The Hall–Kier alpha value is -2.45. The molecule has 1 aromatic carbocycles. The number of nitrogens with zero attached hydrogens (tertiary/aromatic N) is 3. The van der Waals surface area contributed by atoms with Gasteiger partial charge in [-0.05, 0) is 32.0 Å². The van der Waals surface area contributed by atoms with Crippen molar-refractivity contribution in [3.8, 4) is 11.5 Å². The molecule has 0 aliphatic carbocycles. The van der Waals surface area contributed by atoms with Crippen molar-refractivity contribution in [2.45, 2.75) is 20.0 Å². The van der Waals surface area contributed by atoms with Gasteiger partial charge in [0.2, 0.25) is 0 Å². The van der Waals surface area contributed by atoms with Gasteiger partial charge in [0.1, 0.15) is 5.69 Å². The Bertz CT molecular complexity index is 797. The molecule has 3 rings (SSSR count). The highest BCUT2D eigenvalue weighted by Gasteiger charge is 2.16. The zero-order chi connectivity index (χ0) is 15.7. The monoisotopic (exact) mass is 317 g/mol. The van der Waals surface area contributed by atoms with Crippen LogP contribution in [0.3, 0.4) is 0 Å².